The Morgan fingerprint density at radius 2 is 1.45 bits per heavy atom. The van der Waals surface area contributed by atoms with Crippen LogP contribution in [0.15, 0.2) is 95.9 Å². The van der Waals surface area contributed by atoms with Gasteiger partial charge in [-0.15, -0.1) is 0 Å². The summed E-state index contributed by atoms with van der Waals surface area (Å²) in [6.45, 7) is 3.09. The predicted molar refractivity (Wildman–Crippen MR) is 197 cm³/mol. The second-order valence-corrected chi connectivity index (χ2v) is 14.0. The first-order valence-electron chi connectivity index (χ1n) is 16.3. The first kappa shape index (κ1) is 38.9. The second-order valence-electron chi connectivity index (χ2n) is 11.7. The Labute approximate surface area is 305 Å². The Morgan fingerprint density at radius 3 is 2.08 bits per heavy atom. The minimum Gasteiger partial charge on any atom is -0.497 e. The Balaban J connectivity index is 1.90. The average molecular weight is 738 g/mol. The lowest BCUT2D eigenvalue weighted by atomic mass is 10.0. The molecule has 2 unspecified atom stereocenters. The second kappa shape index (κ2) is 17.8. The fraction of sp³-hybridized carbons (Fsp3) is 0.316. The molecule has 4 rings (SSSR count). The lowest BCUT2D eigenvalue weighted by Crippen LogP contribution is -2.54. The number of rotatable bonds is 17. The van der Waals surface area contributed by atoms with Crippen molar-refractivity contribution in [1.29, 1.82) is 0 Å². The maximum atomic E-state index is 14.9. The van der Waals surface area contributed by atoms with Crippen LogP contribution >= 0.6 is 11.6 Å². The number of nitrogens with zero attached hydrogens (tertiary/aromatic N) is 2. The van der Waals surface area contributed by atoms with E-state index < -0.39 is 28.5 Å². The third kappa shape index (κ3) is 9.65. The molecule has 0 saturated carbocycles. The summed E-state index contributed by atoms with van der Waals surface area (Å²) in [4.78, 5) is 30.2. The van der Waals surface area contributed by atoms with Gasteiger partial charge in [-0.2, -0.15) is 0 Å². The molecule has 0 heterocycles. The number of halogens is 1. The largest absolute Gasteiger partial charge is 0.497 e. The summed E-state index contributed by atoms with van der Waals surface area (Å²) >= 11 is 6.35. The van der Waals surface area contributed by atoms with E-state index in [1.807, 2.05) is 44.2 Å². The molecule has 0 aliphatic heterocycles. The molecule has 0 spiro atoms. The molecule has 2 atom stereocenters. The number of methoxy groups -OCH3 is 4. The summed E-state index contributed by atoms with van der Waals surface area (Å²) in [7, 11) is 1.17. The monoisotopic (exact) mass is 737 g/mol. The van der Waals surface area contributed by atoms with E-state index in [9.17, 15) is 18.0 Å². The standard InChI is InChI=1S/C38H44ClN3O8S/c1-7-26(2)40-38(44)33(21-27-12-9-8-10-13-27)41(24-28-14-11-15-29(39)20-28)37(43)25-42(32-22-30(47-3)16-18-34(32)48-4)51(45,46)31-17-19-35(49-5)36(23-31)50-6/h8-20,22-23,26,33H,7,21,24-25H2,1-6H3,(H,40,44). The third-order valence-corrected chi connectivity index (χ3v) is 10.4. The molecule has 1 N–H and O–H groups in total. The van der Waals surface area contributed by atoms with Gasteiger partial charge in [-0.25, -0.2) is 8.42 Å². The number of ether oxygens (including phenoxy) is 4. The lowest BCUT2D eigenvalue weighted by molar-refractivity contribution is -0.140. The SMILES string of the molecule is CCC(C)NC(=O)C(Cc1ccccc1)N(Cc1cccc(Cl)c1)C(=O)CN(c1cc(OC)ccc1OC)S(=O)(=O)c1ccc(OC)c(OC)c1. The van der Waals surface area contributed by atoms with Crippen molar-refractivity contribution in [3.8, 4) is 23.0 Å². The summed E-state index contributed by atoms with van der Waals surface area (Å²) < 4.78 is 52.1. The molecule has 4 aromatic carbocycles. The normalized spacial score (nSPS) is 12.3. The fourth-order valence-electron chi connectivity index (χ4n) is 5.44. The van der Waals surface area contributed by atoms with Gasteiger partial charge in [0.05, 0.1) is 39.0 Å². The number of hydrogen-bond donors (Lipinski definition) is 1. The van der Waals surface area contributed by atoms with Crippen LogP contribution in [0.2, 0.25) is 5.02 Å². The molecular formula is C38H44ClN3O8S. The smallest absolute Gasteiger partial charge is 0.265 e. The number of anilines is 1. The zero-order chi connectivity index (χ0) is 37.1. The predicted octanol–water partition coefficient (Wildman–Crippen LogP) is 6.12. The highest BCUT2D eigenvalue weighted by atomic mass is 35.5. The molecule has 0 aromatic heterocycles. The lowest BCUT2D eigenvalue weighted by Gasteiger charge is -2.34. The van der Waals surface area contributed by atoms with E-state index in [4.69, 9.17) is 30.5 Å². The average Bonchev–Trinajstić information content (AvgIpc) is 3.14. The van der Waals surface area contributed by atoms with Crippen molar-refractivity contribution < 1.29 is 37.0 Å². The van der Waals surface area contributed by atoms with Crippen LogP contribution in [0, 0.1) is 0 Å². The Kier molecular flexibility index (Phi) is 13.6. The summed E-state index contributed by atoms with van der Waals surface area (Å²) in [6, 6.07) is 23.9. The molecule has 2 amide bonds. The highest BCUT2D eigenvalue weighted by molar-refractivity contribution is 7.92. The Morgan fingerprint density at radius 1 is 0.784 bits per heavy atom. The number of benzene rings is 4. The van der Waals surface area contributed by atoms with Gasteiger partial charge in [0.2, 0.25) is 11.8 Å². The van der Waals surface area contributed by atoms with E-state index in [1.54, 1.807) is 36.4 Å². The van der Waals surface area contributed by atoms with Crippen LogP contribution in [0.5, 0.6) is 23.0 Å². The number of amides is 2. The first-order chi connectivity index (χ1) is 24.4. The van der Waals surface area contributed by atoms with Crippen molar-refractivity contribution in [3.63, 3.8) is 0 Å². The number of sulfonamides is 1. The van der Waals surface area contributed by atoms with Crippen molar-refractivity contribution in [3.05, 3.63) is 107 Å². The van der Waals surface area contributed by atoms with E-state index >= 15 is 0 Å². The summed E-state index contributed by atoms with van der Waals surface area (Å²) in [5.74, 6) is -0.0294. The molecule has 0 bridgehead atoms. The van der Waals surface area contributed by atoms with Crippen LogP contribution in [0.25, 0.3) is 0 Å². The molecule has 11 nitrogen and oxygen atoms in total. The molecule has 0 saturated heterocycles. The van der Waals surface area contributed by atoms with Gasteiger partial charge in [-0.1, -0.05) is 61.0 Å². The van der Waals surface area contributed by atoms with Crippen LogP contribution in [0.1, 0.15) is 31.4 Å². The summed E-state index contributed by atoms with van der Waals surface area (Å²) in [5.41, 5.74) is 1.51. The van der Waals surface area contributed by atoms with Crippen molar-refractivity contribution in [2.24, 2.45) is 0 Å². The molecular weight excluding hydrogens is 694 g/mol. The maximum absolute atomic E-state index is 14.9. The molecule has 4 aromatic rings. The van der Waals surface area contributed by atoms with Crippen molar-refractivity contribution in [2.75, 3.05) is 39.3 Å². The van der Waals surface area contributed by atoms with Crippen LogP contribution < -0.4 is 28.6 Å². The quantitative estimate of drug-likeness (QED) is 0.138. The molecule has 0 fully saturated rings. The summed E-state index contributed by atoms with van der Waals surface area (Å²) in [5, 5.41) is 3.47. The van der Waals surface area contributed by atoms with Gasteiger partial charge in [0.1, 0.15) is 24.1 Å². The zero-order valence-electron chi connectivity index (χ0n) is 29.6. The van der Waals surface area contributed by atoms with Gasteiger partial charge in [0.25, 0.3) is 10.0 Å². The number of nitrogens with one attached hydrogen (secondary N) is 1. The van der Waals surface area contributed by atoms with Gasteiger partial charge in [0.15, 0.2) is 11.5 Å². The van der Waals surface area contributed by atoms with E-state index in [-0.39, 0.29) is 47.0 Å². The zero-order valence-corrected chi connectivity index (χ0v) is 31.2. The topological polar surface area (TPSA) is 124 Å². The van der Waals surface area contributed by atoms with Crippen LogP contribution in [-0.4, -0.2) is 72.2 Å². The fourth-order valence-corrected chi connectivity index (χ4v) is 7.08. The molecule has 0 radical (unpaired) electrons. The van der Waals surface area contributed by atoms with Gasteiger partial charge < -0.3 is 29.2 Å². The maximum Gasteiger partial charge on any atom is 0.265 e. The first-order valence-corrected chi connectivity index (χ1v) is 18.1. The van der Waals surface area contributed by atoms with Gasteiger partial charge >= 0.3 is 0 Å². The Hall–Kier alpha value is -4.94. The van der Waals surface area contributed by atoms with Gasteiger partial charge in [-0.3, -0.25) is 13.9 Å². The van der Waals surface area contributed by atoms with Gasteiger partial charge in [0, 0.05) is 36.2 Å². The van der Waals surface area contributed by atoms with E-state index in [0.717, 1.165) is 9.87 Å². The van der Waals surface area contributed by atoms with Crippen LogP contribution in [-0.2, 0) is 32.6 Å². The summed E-state index contributed by atoms with van der Waals surface area (Å²) in [6.07, 6.45) is 0.833. The van der Waals surface area contributed by atoms with E-state index in [2.05, 4.69) is 5.32 Å². The highest BCUT2D eigenvalue weighted by Crippen LogP contribution is 2.38. The number of carbonyl (C=O) groups excluding carboxylic acids is 2. The minimum atomic E-state index is -4.51. The third-order valence-electron chi connectivity index (χ3n) is 8.39. The molecule has 0 aliphatic rings. The highest BCUT2D eigenvalue weighted by Gasteiger charge is 2.36. The minimum absolute atomic E-state index is 0.0374. The molecule has 13 heteroatoms. The molecule has 272 valence electrons. The molecule has 51 heavy (non-hydrogen) atoms. The van der Waals surface area contributed by atoms with Crippen molar-refractivity contribution in [1.82, 2.24) is 10.2 Å². The van der Waals surface area contributed by atoms with E-state index in [0.29, 0.717) is 28.5 Å². The van der Waals surface area contributed by atoms with Crippen LogP contribution in [0.4, 0.5) is 5.69 Å². The van der Waals surface area contributed by atoms with Crippen molar-refractivity contribution >= 4 is 39.1 Å². The van der Waals surface area contributed by atoms with Crippen molar-refractivity contribution in [2.45, 2.75) is 50.2 Å². The Bertz CT molecular complexity index is 1910. The van der Waals surface area contributed by atoms with E-state index in [1.165, 1.54) is 57.6 Å². The molecule has 0 aliphatic carbocycles. The number of carbonyl (C=O) groups is 2. The number of hydrogen-bond acceptors (Lipinski definition) is 8. The van der Waals surface area contributed by atoms with Gasteiger partial charge in [-0.05, 0) is 60.9 Å². The van der Waals surface area contributed by atoms with Crippen LogP contribution in [0.3, 0.4) is 0 Å².